The van der Waals surface area contributed by atoms with Gasteiger partial charge in [-0.1, -0.05) is 17.7 Å². The van der Waals surface area contributed by atoms with Gasteiger partial charge in [0.1, 0.15) is 23.3 Å². The minimum absolute atomic E-state index is 0.000954. The van der Waals surface area contributed by atoms with Crippen molar-refractivity contribution in [2.24, 2.45) is 0 Å². The summed E-state index contributed by atoms with van der Waals surface area (Å²) < 4.78 is 61.7. The Morgan fingerprint density at radius 2 is 1.91 bits per heavy atom. The number of aromatic nitrogens is 2. The maximum Gasteiger partial charge on any atom is 0.410 e. The summed E-state index contributed by atoms with van der Waals surface area (Å²) in [7, 11) is -2.91. The first kappa shape index (κ1) is 24.7. The van der Waals surface area contributed by atoms with Crippen LogP contribution >= 0.6 is 11.6 Å². The van der Waals surface area contributed by atoms with E-state index in [0.717, 1.165) is 18.3 Å². The van der Waals surface area contributed by atoms with E-state index < -0.39 is 50.5 Å². The molecule has 0 aliphatic heterocycles. The van der Waals surface area contributed by atoms with Gasteiger partial charge >= 0.3 is 6.09 Å². The molecule has 0 atom stereocenters. The molecule has 0 unspecified atom stereocenters. The van der Waals surface area contributed by atoms with Crippen LogP contribution in [0.4, 0.5) is 13.6 Å². The number of hydrogen-bond donors (Lipinski definition) is 0. The molecule has 176 valence electrons. The normalized spacial score (nSPS) is 12.0. The predicted octanol–water partition coefficient (Wildman–Crippen LogP) is 5.09. The Morgan fingerprint density at radius 3 is 2.52 bits per heavy atom. The zero-order valence-electron chi connectivity index (χ0n) is 18.3. The molecule has 0 fully saturated rings. The topological polar surface area (TPSA) is 81.5 Å². The third kappa shape index (κ3) is 5.01. The summed E-state index contributed by atoms with van der Waals surface area (Å²) >= 11 is 6.11. The molecule has 7 nitrogen and oxygen atoms in total. The van der Waals surface area contributed by atoms with Gasteiger partial charge in [0.2, 0.25) is 0 Å². The highest BCUT2D eigenvalue weighted by Crippen LogP contribution is 2.34. The lowest BCUT2D eigenvalue weighted by Gasteiger charge is -2.30. The second-order valence-corrected chi connectivity index (χ2v) is 10.4. The fourth-order valence-electron chi connectivity index (χ4n) is 2.85. The molecule has 3 aromatic rings. The fourth-order valence-corrected chi connectivity index (χ4v) is 4.49. The molecule has 33 heavy (non-hydrogen) atoms. The highest BCUT2D eigenvalue weighted by molar-refractivity contribution is 7.90. The highest BCUT2D eigenvalue weighted by Gasteiger charge is 2.30. The van der Waals surface area contributed by atoms with E-state index in [1.54, 1.807) is 20.8 Å². The van der Waals surface area contributed by atoms with Crippen molar-refractivity contribution in [1.82, 2.24) is 13.9 Å². The van der Waals surface area contributed by atoms with Crippen molar-refractivity contribution in [3.05, 3.63) is 71.1 Å². The number of halogens is 3. The van der Waals surface area contributed by atoms with E-state index in [4.69, 9.17) is 16.3 Å². The lowest BCUT2D eigenvalue weighted by Crippen LogP contribution is -2.42. The van der Waals surface area contributed by atoms with Crippen LogP contribution in [0.2, 0.25) is 5.15 Å². The van der Waals surface area contributed by atoms with Gasteiger partial charge in [-0.3, -0.25) is 0 Å². The standard InChI is InChI=1S/C22H22ClF2N3O4S/c1-22(2,3)27(4)21(29)32-13-14-12-28(33(30,31)16-8-5-7-15(24)11-16)19(18(14)25)17-9-6-10-26-20(17)23/h5-12H,13H2,1-4H3. The summed E-state index contributed by atoms with van der Waals surface area (Å²) in [5, 5.41) is -0.138. The SMILES string of the molecule is CN(C(=O)OCc1cn(S(=O)(=O)c2cccc(F)c2)c(-c2cccnc2Cl)c1F)C(C)(C)C. The number of benzene rings is 1. The summed E-state index contributed by atoms with van der Waals surface area (Å²) in [6.07, 6.45) is 1.63. The van der Waals surface area contributed by atoms with Crippen molar-refractivity contribution < 1.29 is 26.7 Å². The van der Waals surface area contributed by atoms with E-state index in [2.05, 4.69) is 4.98 Å². The number of nitrogens with zero attached hydrogens (tertiary/aromatic N) is 3. The van der Waals surface area contributed by atoms with Crippen molar-refractivity contribution in [2.45, 2.75) is 37.8 Å². The van der Waals surface area contributed by atoms with Gasteiger partial charge in [-0.15, -0.1) is 0 Å². The van der Waals surface area contributed by atoms with Crippen molar-refractivity contribution in [2.75, 3.05) is 7.05 Å². The fraction of sp³-hybridized carbons (Fsp3) is 0.273. The third-order valence-corrected chi connectivity index (χ3v) is 6.94. The van der Waals surface area contributed by atoms with Crippen LogP contribution in [0.5, 0.6) is 0 Å². The summed E-state index contributed by atoms with van der Waals surface area (Å²) in [6.45, 7) is 4.83. The van der Waals surface area contributed by atoms with E-state index >= 15 is 4.39 Å². The molecule has 11 heteroatoms. The molecule has 3 rings (SSSR count). The van der Waals surface area contributed by atoms with Gasteiger partial charge in [-0.05, 0) is 51.1 Å². The summed E-state index contributed by atoms with van der Waals surface area (Å²) in [6, 6.07) is 7.18. The zero-order chi connectivity index (χ0) is 24.6. The van der Waals surface area contributed by atoms with Crippen LogP contribution in [-0.2, 0) is 21.4 Å². The minimum Gasteiger partial charge on any atom is -0.444 e. The largest absolute Gasteiger partial charge is 0.444 e. The van der Waals surface area contributed by atoms with E-state index in [1.807, 2.05) is 0 Å². The van der Waals surface area contributed by atoms with Gasteiger partial charge < -0.3 is 9.64 Å². The van der Waals surface area contributed by atoms with Gasteiger partial charge in [-0.25, -0.2) is 30.9 Å². The number of carbonyl (C=O) groups is 1. The number of pyridine rings is 1. The Hall–Kier alpha value is -2.98. The summed E-state index contributed by atoms with van der Waals surface area (Å²) in [5.74, 6) is -1.74. The molecule has 0 radical (unpaired) electrons. The van der Waals surface area contributed by atoms with Crippen LogP contribution in [0.15, 0.2) is 53.7 Å². The molecule has 2 heterocycles. The van der Waals surface area contributed by atoms with Gasteiger partial charge in [0.15, 0.2) is 5.82 Å². The lowest BCUT2D eigenvalue weighted by molar-refractivity contribution is 0.0753. The Bertz CT molecular complexity index is 1300. The van der Waals surface area contributed by atoms with E-state index in [0.29, 0.717) is 3.97 Å². The number of amides is 1. The van der Waals surface area contributed by atoms with Crippen LogP contribution in [0.1, 0.15) is 26.3 Å². The smallest absolute Gasteiger partial charge is 0.410 e. The second-order valence-electron chi connectivity index (χ2n) is 8.20. The Labute approximate surface area is 195 Å². The molecule has 0 saturated heterocycles. The van der Waals surface area contributed by atoms with Crippen LogP contribution in [0.3, 0.4) is 0 Å². The molecule has 0 aliphatic rings. The summed E-state index contributed by atoms with van der Waals surface area (Å²) in [4.78, 5) is 17.1. The molecule has 0 bridgehead atoms. The van der Waals surface area contributed by atoms with Crippen molar-refractivity contribution in [1.29, 1.82) is 0 Å². The third-order valence-electron chi connectivity index (χ3n) is 4.98. The van der Waals surface area contributed by atoms with Crippen LogP contribution in [0.25, 0.3) is 11.3 Å². The molecule has 2 aromatic heterocycles. The maximum atomic E-state index is 15.5. The Kier molecular flexibility index (Phi) is 6.80. The number of hydrogen-bond acceptors (Lipinski definition) is 5. The van der Waals surface area contributed by atoms with Crippen molar-refractivity contribution >= 4 is 27.7 Å². The quantitative estimate of drug-likeness (QED) is 0.459. The molecule has 1 amide bonds. The average Bonchev–Trinajstić information content (AvgIpc) is 3.08. The van der Waals surface area contributed by atoms with Crippen LogP contribution in [0, 0.1) is 11.6 Å². The maximum absolute atomic E-state index is 15.5. The Balaban J connectivity index is 2.11. The molecule has 0 aliphatic carbocycles. The van der Waals surface area contributed by atoms with E-state index in [-0.39, 0.29) is 16.3 Å². The van der Waals surface area contributed by atoms with Crippen molar-refractivity contribution in [3.8, 4) is 11.3 Å². The number of carbonyl (C=O) groups excluding carboxylic acids is 1. The minimum atomic E-state index is -4.44. The van der Waals surface area contributed by atoms with Gasteiger partial charge in [0, 0.05) is 36.1 Å². The Morgan fingerprint density at radius 1 is 1.21 bits per heavy atom. The molecule has 0 saturated carbocycles. The second kappa shape index (κ2) is 9.11. The predicted molar refractivity (Wildman–Crippen MR) is 119 cm³/mol. The van der Waals surface area contributed by atoms with Crippen LogP contribution in [-0.4, -0.2) is 41.0 Å². The average molecular weight is 498 g/mol. The summed E-state index contributed by atoms with van der Waals surface area (Å²) in [5.41, 5.74) is -1.16. The molecular weight excluding hydrogens is 476 g/mol. The number of rotatable bonds is 5. The first-order valence-corrected chi connectivity index (χ1v) is 11.6. The van der Waals surface area contributed by atoms with Crippen molar-refractivity contribution in [3.63, 3.8) is 0 Å². The molecule has 0 spiro atoms. The first-order valence-electron chi connectivity index (χ1n) is 9.76. The first-order chi connectivity index (χ1) is 15.3. The monoisotopic (exact) mass is 497 g/mol. The molecular formula is C22H22ClF2N3O4S. The van der Waals surface area contributed by atoms with Crippen LogP contribution < -0.4 is 0 Å². The molecule has 1 aromatic carbocycles. The molecule has 0 N–H and O–H groups in total. The van der Waals surface area contributed by atoms with E-state index in [9.17, 15) is 17.6 Å². The lowest BCUT2D eigenvalue weighted by atomic mass is 10.1. The van der Waals surface area contributed by atoms with Gasteiger partial charge in [0.25, 0.3) is 10.0 Å². The van der Waals surface area contributed by atoms with Gasteiger partial charge in [-0.2, -0.15) is 0 Å². The number of ether oxygens (including phenoxy) is 1. The highest BCUT2D eigenvalue weighted by atomic mass is 35.5. The van der Waals surface area contributed by atoms with E-state index in [1.165, 1.54) is 42.4 Å². The zero-order valence-corrected chi connectivity index (χ0v) is 19.9. The van der Waals surface area contributed by atoms with Gasteiger partial charge in [0.05, 0.1) is 4.90 Å².